The van der Waals surface area contributed by atoms with Crippen molar-refractivity contribution >= 4 is 33.6 Å². The molecule has 0 heterocycles. The van der Waals surface area contributed by atoms with Crippen molar-refractivity contribution in [2.45, 2.75) is 32.4 Å². The molecule has 5 nitrogen and oxygen atoms in total. The monoisotopic (exact) mass is 421 g/mol. The van der Waals surface area contributed by atoms with E-state index in [0.717, 1.165) is 16.5 Å². The van der Waals surface area contributed by atoms with Gasteiger partial charge in [0, 0.05) is 16.7 Å². The predicted molar refractivity (Wildman–Crippen MR) is 103 cm³/mol. The molecule has 0 aromatic heterocycles. The van der Waals surface area contributed by atoms with Gasteiger partial charge in [0.05, 0.1) is 0 Å². The van der Waals surface area contributed by atoms with Crippen LogP contribution < -0.4 is 16.0 Å². The van der Waals surface area contributed by atoms with Crippen molar-refractivity contribution in [3.8, 4) is 0 Å². The van der Waals surface area contributed by atoms with Crippen LogP contribution in [0.25, 0.3) is 0 Å². The third-order valence-electron chi connectivity index (χ3n) is 3.66. The van der Waals surface area contributed by atoms with Gasteiger partial charge in [0.2, 0.25) is 5.91 Å². The van der Waals surface area contributed by atoms with Gasteiger partial charge < -0.3 is 16.0 Å². The van der Waals surface area contributed by atoms with Crippen molar-refractivity contribution < 1.29 is 14.0 Å². The van der Waals surface area contributed by atoms with Gasteiger partial charge in [-0.05, 0) is 42.3 Å². The van der Waals surface area contributed by atoms with Crippen molar-refractivity contribution in [1.82, 2.24) is 10.6 Å². The lowest BCUT2D eigenvalue weighted by Crippen LogP contribution is -2.47. The number of hydrogen-bond acceptors (Lipinski definition) is 2. The summed E-state index contributed by atoms with van der Waals surface area (Å²) >= 11 is 3.35. The van der Waals surface area contributed by atoms with Crippen molar-refractivity contribution in [2.75, 3.05) is 5.32 Å². The molecular weight excluding hydrogens is 401 g/mol. The van der Waals surface area contributed by atoms with Crippen molar-refractivity contribution in [2.24, 2.45) is 0 Å². The van der Waals surface area contributed by atoms with Crippen LogP contribution in [0.4, 0.5) is 14.9 Å². The van der Waals surface area contributed by atoms with Gasteiger partial charge in [-0.25, -0.2) is 9.18 Å². The average molecular weight is 422 g/mol. The summed E-state index contributed by atoms with van der Waals surface area (Å²) in [6.45, 7) is 2.19. The van der Waals surface area contributed by atoms with E-state index in [0.29, 0.717) is 12.1 Å². The molecule has 0 aliphatic heterocycles. The summed E-state index contributed by atoms with van der Waals surface area (Å²) in [4.78, 5) is 24.5. The molecule has 0 saturated carbocycles. The second kappa shape index (κ2) is 9.91. The quantitative estimate of drug-likeness (QED) is 0.626. The van der Waals surface area contributed by atoms with Gasteiger partial charge in [-0.1, -0.05) is 47.5 Å². The lowest BCUT2D eigenvalue weighted by molar-refractivity contribution is -0.118. The van der Waals surface area contributed by atoms with Gasteiger partial charge in [0.1, 0.15) is 11.9 Å². The Balaban J connectivity index is 1.90. The first-order valence-electron chi connectivity index (χ1n) is 8.33. The summed E-state index contributed by atoms with van der Waals surface area (Å²) in [6.07, 6.45) is 1.26. The Kier molecular flexibility index (Phi) is 7.59. The molecule has 0 fully saturated rings. The summed E-state index contributed by atoms with van der Waals surface area (Å²) in [6, 6.07) is 12.0. The molecule has 0 spiro atoms. The van der Waals surface area contributed by atoms with Gasteiger partial charge in [0.15, 0.2) is 0 Å². The van der Waals surface area contributed by atoms with E-state index in [1.807, 2.05) is 19.1 Å². The normalized spacial score (nSPS) is 11.5. The topological polar surface area (TPSA) is 70.2 Å². The maximum Gasteiger partial charge on any atom is 0.315 e. The second-order valence-corrected chi connectivity index (χ2v) is 6.71. The van der Waals surface area contributed by atoms with Crippen LogP contribution in [0.2, 0.25) is 0 Å². The Bertz CT molecular complexity index is 753. The third-order valence-corrected chi connectivity index (χ3v) is 4.15. The number of hydrogen-bond donors (Lipinski definition) is 3. The van der Waals surface area contributed by atoms with Crippen molar-refractivity contribution in [1.29, 1.82) is 0 Å². The number of anilines is 1. The molecule has 3 N–H and O–H groups in total. The van der Waals surface area contributed by atoms with Crippen LogP contribution in [0, 0.1) is 5.82 Å². The SMILES string of the molecule is CCCC(NC(=O)NCc1ccc(F)cc1)C(=O)Nc1cccc(Br)c1. The van der Waals surface area contributed by atoms with E-state index in [2.05, 4.69) is 31.9 Å². The molecule has 7 heteroatoms. The number of nitrogens with one attached hydrogen (secondary N) is 3. The highest BCUT2D eigenvalue weighted by Crippen LogP contribution is 2.16. The van der Waals surface area contributed by atoms with Crippen molar-refractivity contribution in [3.63, 3.8) is 0 Å². The second-order valence-electron chi connectivity index (χ2n) is 5.79. The smallest absolute Gasteiger partial charge is 0.315 e. The van der Waals surface area contributed by atoms with E-state index in [9.17, 15) is 14.0 Å². The fourth-order valence-corrected chi connectivity index (χ4v) is 2.75. The van der Waals surface area contributed by atoms with E-state index in [4.69, 9.17) is 0 Å². The zero-order valence-corrected chi connectivity index (χ0v) is 16.0. The minimum atomic E-state index is -0.646. The standard InChI is InChI=1S/C19H21BrFN3O2/c1-2-4-17(18(25)23-16-6-3-5-14(20)11-16)24-19(26)22-12-13-7-9-15(21)10-8-13/h3,5-11,17H,2,4,12H2,1H3,(H,23,25)(H2,22,24,26). The largest absolute Gasteiger partial charge is 0.334 e. The molecule has 138 valence electrons. The molecule has 2 rings (SSSR count). The van der Waals surface area contributed by atoms with Gasteiger partial charge in [-0.3, -0.25) is 4.79 Å². The van der Waals surface area contributed by atoms with Gasteiger partial charge >= 0.3 is 6.03 Å². The number of amides is 3. The molecule has 2 aromatic rings. The molecule has 0 aliphatic rings. The lowest BCUT2D eigenvalue weighted by Gasteiger charge is -2.18. The van der Waals surface area contributed by atoms with E-state index >= 15 is 0 Å². The van der Waals surface area contributed by atoms with E-state index in [1.54, 1.807) is 24.3 Å². The highest BCUT2D eigenvalue weighted by atomic mass is 79.9. The van der Waals surface area contributed by atoms with Crippen LogP contribution in [0.1, 0.15) is 25.3 Å². The molecule has 0 radical (unpaired) electrons. The van der Waals surface area contributed by atoms with Crippen LogP contribution in [-0.2, 0) is 11.3 Å². The number of carbonyl (C=O) groups is 2. The molecular formula is C19H21BrFN3O2. The van der Waals surface area contributed by atoms with Gasteiger partial charge in [-0.2, -0.15) is 0 Å². The van der Waals surface area contributed by atoms with Crippen LogP contribution >= 0.6 is 15.9 Å². The summed E-state index contributed by atoms with van der Waals surface area (Å²) in [5.41, 5.74) is 1.42. The first kappa shape index (κ1) is 19.9. The number of benzene rings is 2. The van der Waals surface area contributed by atoms with Gasteiger partial charge in [-0.15, -0.1) is 0 Å². The minimum absolute atomic E-state index is 0.248. The van der Waals surface area contributed by atoms with Crippen LogP contribution in [0.5, 0.6) is 0 Å². The molecule has 26 heavy (non-hydrogen) atoms. The number of carbonyl (C=O) groups excluding carboxylic acids is 2. The molecule has 1 unspecified atom stereocenters. The number of urea groups is 1. The van der Waals surface area contributed by atoms with Gasteiger partial charge in [0.25, 0.3) is 0 Å². The van der Waals surface area contributed by atoms with Crippen LogP contribution in [0.15, 0.2) is 53.0 Å². The summed E-state index contributed by atoms with van der Waals surface area (Å²) in [7, 11) is 0. The first-order valence-corrected chi connectivity index (χ1v) is 9.12. The predicted octanol–water partition coefficient (Wildman–Crippen LogP) is 4.19. The summed E-state index contributed by atoms with van der Waals surface area (Å²) in [5, 5.41) is 8.16. The zero-order chi connectivity index (χ0) is 18.9. The fourth-order valence-electron chi connectivity index (χ4n) is 2.35. The summed E-state index contributed by atoms with van der Waals surface area (Å²) in [5.74, 6) is -0.604. The van der Waals surface area contributed by atoms with E-state index < -0.39 is 12.1 Å². The Morgan fingerprint density at radius 2 is 1.88 bits per heavy atom. The molecule has 0 bridgehead atoms. The molecule has 0 saturated heterocycles. The maximum absolute atomic E-state index is 12.9. The zero-order valence-electron chi connectivity index (χ0n) is 14.4. The molecule has 0 aliphatic carbocycles. The van der Waals surface area contributed by atoms with E-state index in [1.165, 1.54) is 12.1 Å². The minimum Gasteiger partial charge on any atom is -0.334 e. The highest BCUT2D eigenvalue weighted by Gasteiger charge is 2.20. The summed E-state index contributed by atoms with van der Waals surface area (Å²) < 4.78 is 13.7. The highest BCUT2D eigenvalue weighted by molar-refractivity contribution is 9.10. The Morgan fingerprint density at radius 1 is 1.15 bits per heavy atom. The number of halogens is 2. The number of rotatable bonds is 7. The first-order chi connectivity index (χ1) is 12.5. The van der Waals surface area contributed by atoms with Crippen molar-refractivity contribution in [3.05, 3.63) is 64.4 Å². The third kappa shape index (κ3) is 6.48. The lowest BCUT2D eigenvalue weighted by atomic mass is 10.1. The Labute approximate surface area is 160 Å². The van der Waals surface area contributed by atoms with E-state index in [-0.39, 0.29) is 18.3 Å². The Morgan fingerprint density at radius 3 is 2.54 bits per heavy atom. The van der Waals surface area contributed by atoms with Crippen LogP contribution in [0.3, 0.4) is 0 Å². The average Bonchev–Trinajstić information content (AvgIpc) is 2.61. The fraction of sp³-hybridized carbons (Fsp3) is 0.263. The molecule has 2 aromatic carbocycles. The maximum atomic E-state index is 12.9. The van der Waals surface area contributed by atoms with Crippen LogP contribution in [-0.4, -0.2) is 18.0 Å². The Hall–Kier alpha value is -2.41. The molecule has 3 amide bonds. The molecule has 1 atom stereocenters.